The minimum absolute atomic E-state index is 0.121. The molecule has 190 valence electrons. The molecule has 3 aromatic carbocycles. The standard InChI is InChI=1S/C31H38N2O3/c1-21(2)33-17-15-24(16-18-33)29-20-27(13-14-30(29)35-5)32-31(34)25-11-9-23(10-12-25)26-7-6-8-28(19-26)36-22(3)4/h6-14,19-22,24H,15-18H2,1-5H3,(H,32,34). The summed E-state index contributed by atoms with van der Waals surface area (Å²) >= 11 is 0. The van der Waals surface area contributed by atoms with Crippen molar-refractivity contribution in [3.63, 3.8) is 0 Å². The summed E-state index contributed by atoms with van der Waals surface area (Å²) in [5.41, 5.74) is 4.70. The number of benzene rings is 3. The summed E-state index contributed by atoms with van der Waals surface area (Å²) in [6.45, 7) is 10.7. The van der Waals surface area contributed by atoms with Crippen molar-refractivity contribution < 1.29 is 14.3 Å². The summed E-state index contributed by atoms with van der Waals surface area (Å²) < 4.78 is 11.5. The summed E-state index contributed by atoms with van der Waals surface area (Å²) in [4.78, 5) is 15.5. The maximum atomic E-state index is 13.0. The maximum absolute atomic E-state index is 13.0. The fourth-order valence-corrected chi connectivity index (χ4v) is 4.90. The van der Waals surface area contributed by atoms with E-state index in [1.807, 2.05) is 74.5 Å². The molecule has 0 bridgehead atoms. The Morgan fingerprint density at radius 2 is 1.64 bits per heavy atom. The fraction of sp³-hybridized carbons (Fsp3) is 0.387. The molecule has 0 atom stereocenters. The van der Waals surface area contributed by atoms with Gasteiger partial charge in [-0.3, -0.25) is 4.79 Å². The monoisotopic (exact) mass is 486 g/mol. The van der Waals surface area contributed by atoms with Gasteiger partial charge in [-0.1, -0.05) is 24.3 Å². The second-order valence-electron chi connectivity index (χ2n) is 10.1. The van der Waals surface area contributed by atoms with Crippen LogP contribution in [0.1, 0.15) is 62.4 Å². The van der Waals surface area contributed by atoms with Gasteiger partial charge >= 0.3 is 0 Å². The van der Waals surface area contributed by atoms with E-state index in [0.717, 1.165) is 54.2 Å². The molecular formula is C31H38N2O3. The van der Waals surface area contributed by atoms with Crippen LogP contribution in [0.25, 0.3) is 11.1 Å². The Labute approximate surface area is 215 Å². The quantitative estimate of drug-likeness (QED) is 0.373. The van der Waals surface area contributed by atoms with Crippen molar-refractivity contribution in [3.05, 3.63) is 77.9 Å². The van der Waals surface area contributed by atoms with Gasteiger partial charge in [0.25, 0.3) is 5.91 Å². The maximum Gasteiger partial charge on any atom is 0.255 e. The zero-order valence-corrected chi connectivity index (χ0v) is 22.1. The highest BCUT2D eigenvalue weighted by Crippen LogP contribution is 2.36. The van der Waals surface area contributed by atoms with Crippen LogP contribution in [0, 0.1) is 0 Å². The Hall–Kier alpha value is -3.31. The van der Waals surface area contributed by atoms with E-state index in [1.165, 1.54) is 5.56 Å². The van der Waals surface area contributed by atoms with E-state index in [0.29, 0.717) is 17.5 Å². The van der Waals surface area contributed by atoms with E-state index in [2.05, 4.69) is 30.1 Å². The van der Waals surface area contributed by atoms with Gasteiger partial charge in [0.2, 0.25) is 0 Å². The highest BCUT2D eigenvalue weighted by Gasteiger charge is 2.24. The van der Waals surface area contributed by atoms with Crippen LogP contribution < -0.4 is 14.8 Å². The second-order valence-corrected chi connectivity index (χ2v) is 10.1. The van der Waals surface area contributed by atoms with Crippen molar-refractivity contribution >= 4 is 11.6 Å². The van der Waals surface area contributed by atoms with Crippen molar-refractivity contribution in [2.45, 2.75) is 58.6 Å². The molecule has 0 aromatic heterocycles. The normalized spacial score (nSPS) is 14.8. The molecule has 1 N–H and O–H groups in total. The molecule has 1 heterocycles. The van der Waals surface area contributed by atoms with Crippen LogP contribution >= 0.6 is 0 Å². The molecule has 1 aliphatic heterocycles. The van der Waals surface area contributed by atoms with Crippen molar-refractivity contribution in [2.24, 2.45) is 0 Å². The molecule has 4 rings (SSSR count). The summed E-state index contributed by atoms with van der Waals surface area (Å²) in [7, 11) is 1.71. The van der Waals surface area contributed by atoms with E-state index in [4.69, 9.17) is 9.47 Å². The molecule has 0 saturated carbocycles. The summed E-state index contributed by atoms with van der Waals surface area (Å²) in [6.07, 6.45) is 2.31. The van der Waals surface area contributed by atoms with Gasteiger partial charge in [-0.25, -0.2) is 0 Å². The molecule has 1 amide bonds. The Balaban J connectivity index is 1.45. The van der Waals surface area contributed by atoms with Crippen LogP contribution in [-0.2, 0) is 0 Å². The predicted molar refractivity (Wildman–Crippen MR) is 147 cm³/mol. The van der Waals surface area contributed by atoms with Gasteiger partial charge in [0, 0.05) is 17.3 Å². The molecule has 0 aliphatic carbocycles. The zero-order chi connectivity index (χ0) is 25.7. The predicted octanol–water partition coefficient (Wildman–Crippen LogP) is 6.99. The van der Waals surface area contributed by atoms with Crippen molar-refractivity contribution in [2.75, 3.05) is 25.5 Å². The van der Waals surface area contributed by atoms with Gasteiger partial charge in [0.1, 0.15) is 11.5 Å². The number of nitrogens with one attached hydrogen (secondary N) is 1. The number of carbonyl (C=O) groups excluding carboxylic acids is 1. The Morgan fingerprint density at radius 1 is 0.917 bits per heavy atom. The summed E-state index contributed by atoms with van der Waals surface area (Å²) in [5, 5.41) is 3.08. The second kappa shape index (κ2) is 11.6. The zero-order valence-electron chi connectivity index (χ0n) is 22.1. The van der Waals surface area contributed by atoms with E-state index >= 15 is 0 Å². The number of methoxy groups -OCH3 is 1. The summed E-state index contributed by atoms with van der Waals surface area (Å²) in [5.74, 6) is 2.05. The molecule has 0 unspecified atom stereocenters. The van der Waals surface area contributed by atoms with Crippen LogP contribution in [-0.4, -0.2) is 43.2 Å². The first-order valence-electron chi connectivity index (χ1n) is 12.9. The first-order valence-corrected chi connectivity index (χ1v) is 12.9. The van der Waals surface area contributed by atoms with E-state index in [-0.39, 0.29) is 12.0 Å². The van der Waals surface area contributed by atoms with Crippen molar-refractivity contribution in [1.82, 2.24) is 4.90 Å². The lowest BCUT2D eigenvalue weighted by Crippen LogP contribution is -2.37. The Kier molecular flexibility index (Phi) is 8.32. The van der Waals surface area contributed by atoms with Crippen LogP contribution in [0.15, 0.2) is 66.7 Å². The topological polar surface area (TPSA) is 50.8 Å². The third kappa shape index (κ3) is 6.27. The van der Waals surface area contributed by atoms with Gasteiger partial charge in [-0.05, 0) is 119 Å². The van der Waals surface area contributed by atoms with Crippen LogP contribution in [0.3, 0.4) is 0 Å². The molecule has 0 spiro atoms. The number of piperidine rings is 1. The third-order valence-electron chi connectivity index (χ3n) is 6.87. The average molecular weight is 487 g/mol. The lowest BCUT2D eigenvalue weighted by Gasteiger charge is -2.35. The smallest absolute Gasteiger partial charge is 0.255 e. The highest BCUT2D eigenvalue weighted by atomic mass is 16.5. The molecule has 1 fully saturated rings. The van der Waals surface area contributed by atoms with Gasteiger partial charge in [0.15, 0.2) is 0 Å². The molecule has 0 radical (unpaired) electrons. The molecule has 1 aliphatic rings. The number of ether oxygens (including phenoxy) is 2. The number of hydrogen-bond acceptors (Lipinski definition) is 4. The fourth-order valence-electron chi connectivity index (χ4n) is 4.90. The SMILES string of the molecule is COc1ccc(NC(=O)c2ccc(-c3cccc(OC(C)C)c3)cc2)cc1C1CCN(C(C)C)CC1. The Morgan fingerprint density at radius 3 is 2.28 bits per heavy atom. The number of hydrogen-bond donors (Lipinski definition) is 1. The van der Waals surface area contributed by atoms with Gasteiger partial charge in [-0.2, -0.15) is 0 Å². The van der Waals surface area contributed by atoms with Crippen molar-refractivity contribution in [1.29, 1.82) is 0 Å². The first kappa shape index (κ1) is 25.8. The molecule has 5 heteroatoms. The number of carbonyl (C=O) groups is 1. The number of amides is 1. The van der Waals surface area contributed by atoms with Crippen LogP contribution in [0.2, 0.25) is 0 Å². The van der Waals surface area contributed by atoms with Crippen molar-refractivity contribution in [3.8, 4) is 22.6 Å². The van der Waals surface area contributed by atoms with Gasteiger partial charge < -0.3 is 19.7 Å². The average Bonchev–Trinajstić information content (AvgIpc) is 2.88. The number of nitrogens with zero attached hydrogens (tertiary/aromatic N) is 1. The lowest BCUT2D eigenvalue weighted by molar-refractivity contribution is 0.102. The minimum atomic E-state index is -0.121. The first-order chi connectivity index (χ1) is 17.3. The lowest BCUT2D eigenvalue weighted by atomic mass is 9.88. The summed E-state index contributed by atoms with van der Waals surface area (Å²) in [6, 6.07) is 22.3. The van der Waals surface area contributed by atoms with E-state index in [1.54, 1.807) is 7.11 Å². The molecule has 36 heavy (non-hydrogen) atoms. The van der Waals surface area contributed by atoms with E-state index < -0.39 is 0 Å². The van der Waals surface area contributed by atoms with Gasteiger partial charge in [0.05, 0.1) is 13.2 Å². The largest absolute Gasteiger partial charge is 0.496 e. The minimum Gasteiger partial charge on any atom is -0.496 e. The highest BCUT2D eigenvalue weighted by molar-refractivity contribution is 6.04. The third-order valence-corrected chi connectivity index (χ3v) is 6.87. The molecular weight excluding hydrogens is 448 g/mol. The number of anilines is 1. The van der Waals surface area contributed by atoms with Gasteiger partial charge in [-0.15, -0.1) is 0 Å². The number of rotatable bonds is 8. The number of likely N-dealkylation sites (tertiary alicyclic amines) is 1. The Bertz CT molecular complexity index is 1160. The molecule has 3 aromatic rings. The molecule has 5 nitrogen and oxygen atoms in total. The van der Waals surface area contributed by atoms with Crippen LogP contribution in [0.5, 0.6) is 11.5 Å². The van der Waals surface area contributed by atoms with Crippen LogP contribution in [0.4, 0.5) is 5.69 Å². The molecule has 1 saturated heterocycles. The van der Waals surface area contributed by atoms with E-state index in [9.17, 15) is 4.79 Å².